The summed E-state index contributed by atoms with van der Waals surface area (Å²) < 4.78 is 5.25. The van der Waals surface area contributed by atoms with E-state index in [4.69, 9.17) is 27.9 Å². The van der Waals surface area contributed by atoms with Gasteiger partial charge in [-0.1, -0.05) is 35.3 Å². The van der Waals surface area contributed by atoms with Gasteiger partial charge in [-0.3, -0.25) is 9.97 Å². The summed E-state index contributed by atoms with van der Waals surface area (Å²) in [4.78, 5) is 20.1. The van der Waals surface area contributed by atoms with Crippen LogP contribution in [0.5, 0.6) is 0 Å². The average Bonchev–Trinajstić information content (AvgIpc) is 2.48. The van der Waals surface area contributed by atoms with E-state index in [2.05, 4.69) is 15.3 Å². The van der Waals surface area contributed by atoms with E-state index < -0.39 is 11.7 Å². The van der Waals surface area contributed by atoms with Crippen molar-refractivity contribution in [3.63, 3.8) is 0 Å². The van der Waals surface area contributed by atoms with Crippen LogP contribution in [0.3, 0.4) is 0 Å². The molecule has 0 saturated carbocycles. The molecule has 7 heteroatoms. The zero-order chi connectivity index (χ0) is 17.9. The number of amides is 1. The van der Waals surface area contributed by atoms with Crippen molar-refractivity contribution in [1.29, 1.82) is 0 Å². The van der Waals surface area contributed by atoms with Gasteiger partial charge >= 0.3 is 6.09 Å². The van der Waals surface area contributed by atoms with Crippen molar-refractivity contribution >= 4 is 29.3 Å². The fraction of sp³-hybridized carbons (Fsp3) is 0.353. The first-order chi connectivity index (χ1) is 11.2. The van der Waals surface area contributed by atoms with E-state index in [9.17, 15) is 4.79 Å². The van der Waals surface area contributed by atoms with Crippen molar-refractivity contribution in [3.05, 3.63) is 46.3 Å². The van der Waals surface area contributed by atoms with E-state index in [1.807, 2.05) is 6.92 Å². The van der Waals surface area contributed by atoms with Crippen LogP contribution in [0.4, 0.5) is 4.79 Å². The molecular formula is C17H19Cl2N3O2. The van der Waals surface area contributed by atoms with Crippen molar-refractivity contribution in [2.24, 2.45) is 0 Å². The summed E-state index contributed by atoms with van der Waals surface area (Å²) in [5, 5.41) is 3.48. The number of benzene rings is 1. The Labute approximate surface area is 151 Å². The monoisotopic (exact) mass is 367 g/mol. The molecular weight excluding hydrogens is 349 g/mol. The quantitative estimate of drug-likeness (QED) is 0.825. The van der Waals surface area contributed by atoms with Crippen molar-refractivity contribution in [3.8, 4) is 11.3 Å². The lowest BCUT2D eigenvalue weighted by Gasteiger charge is -2.23. The van der Waals surface area contributed by atoms with Crippen LogP contribution in [0.1, 0.15) is 39.3 Å². The molecule has 2 aromatic rings. The number of rotatable bonds is 3. The molecule has 0 aliphatic carbocycles. The molecule has 1 atom stereocenters. The Morgan fingerprint density at radius 2 is 1.92 bits per heavy atom. The smallest absolute Gasteiger partial charge is 0.408 e. The van der Waals surface area contributed by atoms with Crippen LogP contribution in [0.15, 0.2) is 30.7 Å². The molecule has 0 bridgehead atoms. The van der Waals surface area contributed by atoms with Crippen LogP contribution in [-0.2, 0) is 4.74 Å². The van der Waals surface area contributed by atoms with Gasteiger partial charge in [0.2, 0.25) is 0 Å². The van der Waals surface area contributed by atoms with Crippen molar-refractivity contribution in [1.82, 2.24) is 15.3 Å². The zero-order valence-electron chi connectivity index (χ0n) is 13.9. The molecule has 1 aromatic heterocycles. The summed E-state index contributed by atoms with van der Waals surface area (Å²) in [5.41, 5.74) is 1.44. The summed E-state index contributed by atoms with van der Waals surface area (Å²) in [5.74, 6) is 0. The minimum Gasteiger partial charge on any atom is -0.444 e. The molecule has 0 aliphatic rings. The van der Waals surface area contributed by atoms with Gasteiger partial charge in [-0.15, -0.1) is 0 Å². The number of nitrogens with one attached hydrogen (secondary N) is 1. The molecule has 1 amide bonds. The fourth-order valence-electron chi connectivity index (χ4n) is 2.10. The molecule has 1 N–H and O–H groups in total. The predicted octanol–water partition coefficient (Wildman–Crippen LogP) is 5.04. The lowest BCUT2D eigenvalue weighted by atomic mass is 10.0. The van der Waals surface area contributed by atoms with Crippen LogP contribution < -0.4 is 5.32 Å². The van der Waals surface area contributed by atoms with Crippen LogP contribution in [0, 0.1) is 0 Å². The molecule has 5 nitrogen and oxygen atoms in total. The number of halogens is 2. The van der Waals surface area contributed by atoms with Gasteiger partial charge in [-0.25, -0.2) is 4.79 Å². The lowest BCUT2D eigenvalue weighted by molar-refractivity contribution is 0.0508. The van der Waals surface area contributed by atoms with E-state index in [-0.39, 0.29) is 6.04 Å². The molecule has 0 aliphatic heterocycles. The number of carbonyl (C=O) groups is 1. The number of nitrogens with zero attached hydrogens (tertiary/aromatic N) is 2. The van der Waals surface area contributed by atoms with Gasteiger partial charge in [0.15, 0.2) is 0 Å². The number of carbonyl (C=O) groups excluding carboxylic acids is 1. The molecule has 0 radical (unpaired) electrons. The number of aromatic nitrogens is 2. The summed E-state index contributed by atoms with van der Waals surface area (Å²) in [6.45, 7) is 7.22. The minimum absolute atomic E-state index is 0.360. The average molecular weight is 368 g/mol. The maximum Gasteiger partial charge on any atom is 0.408 e. The third-order valence-corrected chi connectivity index (χ3v) is 4.05. The van der Waals surface area contributed by atoms with E-state index in [0.29, 0.717) is 26.9 Å². The normalized spacial score (nSPS) is 12.6. The molecule has 0 saturated heterocycles. The Morgan fingerprint density at radius 3 is 2.50 bits per heavy atom. The first-order valence-corrected chi connectivity index (χ1v) is 8.18. The van der Waals surface area contributed by atoms with Gasteiger partial charge in [0.25, 0.3) is 0 Å². The van der Waals surface area contributed by atoms with E-state index in [0.717, 1.165) is 0 Å². The van der Waals surface area contributed by atoms with Gasteiger partial charge in [0, 0.05) is 18.0 Å². The Balaban J connectivity index is 2.23. The number of hydrogen-bond acceptors (Lipinski definition) is 4. The lowest BCUT2D eigenvalue weighted by Crippen LogP contribution is -2.34. The number of alkyl carbamates (subject to hydrolysis) is 1. The topological polar surface area (TPSA) is 64.1 Å². The van der Waals surface area contributed by atoms with Crippen LogP contribution >= 0.6 is 23.2 Å². The third-order valence-electron chi connectivity index (χ3n) is 3.15. The largest absolute Gasteiger partial charge is 0.444 e. The second-order valence-electron chi connectivity index (χ2n) is 6.29. The molecule has 0 spiro atoms. The standard InChI is InChI=1S/C17H19Cl2N3O2/c1-10(22-16(23)24-17(2,3)4)11-5-6-12(15(19)14(11)18)13-9-20-7-8-21-13/h5-10H,1-4H3,(H,22,23)/t10-/m0/s1. The minimum atomic E-state index is -0.568. The van der Waals surface area contributed by atoms with Gasteiger partial charge in [-0.2, -0.15) is 0 Å². The maximum absolute atomic E-state index is 11.9. The summed E-state index contributed by atoms with van der Waals surface area (Å²) in [7, 11) is 0. The van der Waals surface area contributed by atoms with E-state index >= 15 is 0 Å². The summed E-state index contributed by atoms with van der Waals surface area (Å²) in [6.07, 6.45) is 4.26. The Hall–Kier alpha value is -1.85. The third kappa shape index (κ3) is 4.58. The van der Waals surface area contributed by atoms with Crippen LogP contribution in [0.2, 0.25) is 10.0 Å². The van der Waals surface area contributed by atoms with Gasteiger partial charge < -0.3 is 10.1 Å². The van der Waals surface area contributed by atoms with Crippen molar-refractivity contribution in [2.75, 3.05) is 0 Å². The number of ether oxygens (including phenoxy) is 1. The molecule has 0 fully saturated rings. The van der Waals surface area contributed by atoms with Gasteiger partial charge in [0.05, 0.1) is 28.0 Å². The number of hydrogen-bond donors (Lipinski definition) is 1. The summed E-state index contributed by atoms with van der Waals surface area (Å²) >= 11 is 12.8. The Morgan fingerprint density at radius 1 is 1.21 bits per heavy atom. The highest BCUT2D eigenvalue weighted by atomic mass is 35.5. The maximum atomic E-state index is 11.9. The Bertz CT molecular complexity index is 731. The van der Waals surface area contributed by atoms with Gasteiger partial charge in [-0.05, 0) is 33.3 Å². The molecule has 1 aromatic carbocycles. The van der Waals surface area contributed by atoms with E-state index in [1.165, 1.54) is 0 Å². The van der Waals surface area contributed by atoms with Crippen LogP contribution in [-0.4, -0.2) is 21.7 Å². The molecule has 1 heterocycles. The SMILES string of the molecule is C[C@H](NC(=O)OC(C)(C)C)c1ccc(-c2cnccn2)c(Cl)c1Cl. The zero-order valence-corrected chi connectivity index (χ0v) is 15.4. The highest BCUT2D eigenvalue weighted by Gasteiger charge is 2.21. The second kappa shape index (κ2) is 7.36. The fourth-order valence-corrected chi connectivity index (χ4v) is 2.69. The van der Waals surface area contributed by atoms with E-state index in [1.54, 1.807) is 51.5 Å². The first kappa shape index (κ1) is 18.5. The molecule has 2 rings (SSSR count). The molecule has 24 heavy (non-hydrogen) atoms. The van der Waals surface area contributed by atoms with Crippen molar-refractivity contribution in [2.45, 2.75) is 39.3 Å². The highest BCUT2D eigenvalue weighted by molar-refractivity contribution is 6.44. The second-order valence-corrected chi connectivity index (χ2v) is 7.04. The van der Waals surface area contributed by atoms with Crippen molar-refractivity contribution < 1.29 is 9.53 Å². The van der Waals surface area contributed by atoms with Crippen LogP contribution in [0.25, 0.3) is 11.3 Å². The highest BCUT2D eigenvalue weighted by Crippen LogP contribution is 2.37. The first-order valence-electron chi connectivity index (χ1n) is 7.43. The van der Waals surface area contributed by atoms with Gasteiger partial charge in [0.1, 0.15) is 5.60 Å². The summed E-state index contributed by atoms with van der Waals surface area (Å²) in [6, 6.07) is 3.25. The molecule has 128 valence electrons. The predicted molar refractivity (Wildman–Crippen MR) is 95.3 cm³/mol. The Kier molecular flexibility index (Phi) is 5.67. The molecule has 0 unspecified atom stereocenters.